The molecule has 0 aliphatic carbocycles. The molecule has 3 aliphatic rings. The van der Waals surface area contributed by atoms with Gasteiger partial charge in [-0.3, -0.25) is 46.8 Å². The zero-order valence-electron chi connectivity index (χ0n) is 40.3. The van der Waals surface area contributed by atoms with Crippen molar-refractivity contribution in [2.75, 3.05) is 57.8 Å². The molecule has 428 valence electrons. The largest absolute Gasteiger partial charge is 0.488 e. The molecular formula is C35H50N15O23P4S+. The van der Waals surface area contributed by atoms with Crippen molar-refractivity contribution < 1.29 is 104 Å². The first kappa shape index (κ1) is 57.9. The molecule has 38 nitrogen and oxygen atoms in total. The molecule has 3 saturated heterocycles. The predicted octanol–water partition coefficient (Wildman–Crippen LogP) is -3.30. The summed E-state index contributed by atoms with van der Waals surface area (Å²) in [6.07, 6.45) is -12.1. The summed E-state index contributed by atoms with van der Waals surface area (Å²) in [7, 11) is -13.2. The van der Waals surface area contributed by atoms with E-state index in [1.165, 1.54) is 40.5 Å². The first-order chi connectivity index (χ1) is 36.7. The van der Waals surface area contributed by atoms with E-state index in [0.29, 0.717) is 0 Å². The first-order valence-corrected chi connectivity index (χ1v) is 29.6. The van der Waals surface area contributed by atoms with Gasteiger partial charge in [-0.25, -0.2) is 42.5 Å². The quantitative estimate of drug-likeness (QED) is 0.0234. The number of aromatic nitrogens is 12. The van der Waals surface area contributed by atoms with Gasteiger partial charge in [-0.1, -0.05) is 4.98 Å². The third-order valence-electron chi connectivity index (χ3n) is 12.4. The van der Waals surface area contributed by atoms with Crippen molar-refractivity contribution in [3.63, 3.8) is 0 Å². The number of hydrogen-bond acceptors (Lipinski definition) is 29. The second-order valence-corrected chi connectivity index (χ2v) is 24.8. The van der Waals surface area contributed by atoms with Gasteiger partial charge in [0.15, 0.2) is 41.4 Å². The molecule has 6 aromatic heterocycles. The molecule has 0 saturated carbocycles. The van der Waals surface area contributed by atoms with Gasteiger partial charge in [-0.05, 0) is 18.2 Å². The second kappa shape index (κ2) is 22.3. The summed E-state index contributed by atoms with van der Waals surface area (Å²) in [5.74, 6) is -1.45. The molecule has 15 N–H and O–H groups in total. The number of nitrogens with two attached hydrogens (primary N) is 3. The lowest BCUT2D eigenvalue weighted by Crippen LogP contribution is -2.45. The number of H-pyrrole nitrogens is 2. The molecule has 9 heterocycles. The lowest BCUT2D eigenvalue weighted by molar-refractivity contribution is -0.745. The number of ether oxygens (including phenoxy) is 5. The molecule has 43 heteroatoms. The van der Waals surface area contributed by atoms with Crippen LogP contribution in [0.25, 0.3) is 33.5 Å². The number of phosphoric ester groups is 2. The number of rotatable bonds is 22. The smallest absolute Gasteiger partial charge is 0.387 e. The summed E-state index contributed by atoms with van der Waals surface area (Å²) in [6.45, 7) is -7.76. The van der Waals surface area contributed by atoms with Gasteiger partial charge in [0.2, 0.25) is 17.7 Å². The van der Waals surface area contributed by atoms with Gasteiger partial charge in [0.05, 0.1) is 45.6 Å². The molecule has 3 fully saturated rings. The normalized spacial score (nSPS) is 29.8. The molecule has 0 bridgehead atoms. The van der Waals surface area contributed by atoms with Gasteiger partial charge in [-0.15, -0.1) is 0 Å². The first-order valence-electron chi connectivity index (χ1n) is 22.5. The topological polar surface area (TPSA) is 534 Å². The van der Waals surface area contributed by atoms with Crippen LogP contribution in [0.1, 0.15) is 25.1 Å². The van der Waals surface area contributed by atoms with E-state index in [0.717, 1.165) is 24.3 Å². The Morgan fingerprint density at radius 1 is 0.731 bits per heavy atom. The number of aryl methyl sites for hydroxylation is 1. The number of hydrogen-bond donors (Lipinski definition) is 12. The Kier molecular flexibility index (Phi) is 16.6. The molecule has 3 aliphatic heterocycles. The van der Waals surface area contributed by atoms with Crippen LogP contribution in [-0.2, 0) is 83.0 Å². The summed E-state index contributed by atoms with van der Waals surface area (Å²) in [6, 6.07) is 0. The fraction of sp³-hybridized carbons (Fsp3) is 0.571. The van der Waals surface area contributed by atoms with Crippen molar-refractivity contribution in [3.05, 3.63) is 46.0 Å². The van der Waals surface area contributed by atoms with Crippen molar-refractivity contribution >= 4 is 93.2 Å². The fourth-order valence-electron chi connectivity index (χ4n) is 8.99. The van der Waals surface area contributed by atoms with Gasteiger partial charge < -0.3 is 80.3 Å². The van der Waals surface area contributed by atoms with E-state index in [-0.39, 0.29) is 64.2 Å². The minimum atomic E-state index is -5.97. The van der Waals surface area contributed by atoms with Crippen LogP contribution in [0, 0.1) is 5.92 Å². The Labute approximate surface area is 439 Å². The number of nitrogens with zero attached hydrogens (tertiary/aromatic N) is 10. The summed E-state index contributed by atoms with van der Waals surface area (Å²) in [5, 5.41) is 33.2. The second-order valence-electron chi connectivity index (χ2n) is 17.4. The summed E-state index contributed by atoms with van der Waals surface area (Å²) >= 11 is 4.94. The van der Waals surface area contributed by atoms with Crippen LogP contribution in [-0.4, -0.2) is 178 Å². The summed E-state index contributed by atoms with van der Waals surface area (Å²) < 4.78 is 104. The van der Waals surface area contributed by atoms with E-state index >= 15 is 0 Å². The van der Waals surface area contributed by atoms with Crippen LogP contribution in [0.3, 0.4) is 0 Å². The SMILES string of the molecule is COCC[C@H]1[C@@H](O)[C@H]([n+]2cn(C)c3c(=O)[nH]c(N)nc32)O[C@@H]1COP(O)(=S)OP(=O)(O)OP(=O)(O)OC[C@H]1O[C@@H](n2cnc3c(N)ncnc32)[C@H](OC)[C@@H]1OP(=O)(O)OC[C@H]1O[C@@H](n2cnc3c(=O)[nH]c(N)nc32)[C@H](O)[C@@H]1O. The molecule has 16 atom stereocenters. The monoisotopic (exact) mass is 1200 g/mol. The number of aliphatic hydroxyl groups is 3. The number of aromatic amines is 2. The zero-order valence-corrected chi connectivity index (χ0v) is 44.7. The van der Waals surface area contributed by atoms with E-state index in [9.17, 15) is 58.2 Å². The number of anilines is 3. The van der Waals surface area contributed by atoms with Gasteiger partial charge in [0, 0.05) is 26.7 Å². The Morgan fingerprint density at radius 3 is 2.09 bits per heavy atom. The summed E-state index contributed by atoms with van der Waals surface area (Å²) in [5.41, 5.74) is 16.0. The van der Waals surface area contributed by atoms with Crippen LogP contribution >= 0.6 is 30.2 Å². The van der Waals surface area contributed by atoms with Crippen LogP contribution in [0.2, 0.25) is 0 Å². The van der Waals surface area contributed by atoms with Crippen LogP contribution in [0.15, 0.2) is 34.9 Å². The Hall–Kier alpha value is -4.73. The standard InChI is InChI=1S/C35H49N15O23P4S/c1-47-12-50(28-19(47)30(55)46-35(38)44-28)31-20(51)13(4-5-63-2)14(68-31)6-67-77(62,78)73-76(60,61)72-75(58,59)66-8-16-23(24(64-3)33(70-16)48-10-41-17-25(36)39-9-40-26(17)48)71-74(56,57)65-7-15-21(52)22(53)32(69-15)49-11-42-18-27(49)43-34(37)45-29(18)54/h9-16,20-24,31-33,51-53H,4-8H2,1-3H3,(H11-,36,37,38,39,40,43,44,45,46,54,55,56,57,58,59,60,61,62,78)/p+1/t13-,14-,15-,16-,20-,21-,22-,23-,24-,31-,32-,33-,77?/m1/s1. The van der Waals surface area contributed by atoms with Gasteiger partial charge in [0.25, 0.3) is 17.1 Å². The van der Waals surface area contributed by atoms with Crippen molar-refractivity contribution in [2.24, 2.45) is 13.0 Å². The van der Waals surface area contributed by atoms with Crippen LogP contribution in [0.5, 0.6) is 0 Å². The molecule has 9 rings (SSSR count). The Bertz CT molecular complexity index is 3530. The predicted molar refractivity (Wildman–Crippen MR) is 260 cm³/mol. The number of methoxy groups -OCH3 is 2. The van der Waals surface area contributed by atoms with Crippen LogP contribution < -0.4 is 32.9 Å². The molecule has 4 unspecified atom stereocenters. The molecule has 0 spiro atoms. The minimum absolute atomic E-state index is 0.0345. The number of nitrogen functional groups attached to an aromatic ring is 3. The van der Waals surface area contributed by atoms with Gasteiger partial charge >= 0.3 is 35.8 Å². The number of imidazole rings is 3. The lowest BCUT2D eigenvalue weighted by atomic mass is 9.95. The van der Waals surface area contributed by atoms with E-state index in [4.69, 9.17) is 70.8 Å². The molecule has 0 amide bonds. The van der Waals surface area contributed by atoms with Crippen LogP contribution in [0.4, 0.5) is 17.7 Å². The maximum atomic E-state index is 13.7. The van der Waals surface area contributed by atoms with Crippen molar-refractivity contribution in [1.82, 2.24) is 53.6 Å². The zero-order chi connectivity index (χ0) is 56.4. The molecule has 6 aromatic rings. The maximum absolute atomic E-state index is 13.7. The van der Waals surface area contributed by atoms with Crippen molar-refractivity contribution in [3.8, 4) is 0 Å². The van der Waals surface area contributed by atoms with E-state index < -0.39 is 135 Å². The molecule has 0 radical (unpaired) electrons. The number of nitrogens with one attached hydrogen (secondary N) is 2. The van der Waals surface area contributed by atoms with E-state index in [1.807, 2.05) is 0 Å². The molecular weight excluding hydrogens is 1150 g/mol. The van der Waals surface area contributed by atoms with Gasteiger partial charge in [0.1, 0.15) is 54.6 Å². The highest BCUT2D eigenvalue weighted by atomic mass is 32.5. The molecule has 0 aromatic carbocycles. The Morgan fingerprint density at radius 2 is 1.37 bits per heavy atom. The number of aliphatic hydroxyl groups excluding tert-OH is 3. The average molecular weight is 1200 g/mol. The highest BCUT2D eigenvalue weighted by Gasteiger charge is 2.54. The highest BCUT2D eigenvalue weighted by Crippen LogP contribution is 2.68. The lowest BCUT2D eigenvalue weighted by Gasteiger charge is -2.26. The van der Waals surface area contributed by atoms with Crippen molar-refractivity contribution in [1.29, 1.82) is 0 Å². The third-order valence-corrected chi connectivity index (χ3v) is 18.6. The fourth-order valence-corrected chi connectivity index (χ4v) is 14.4. The summed E-state index contributed by atoms with van der Waals surface area (Å²) in [4.78, 5) is 97.3. The number of fused-ring (bicyclic) bond motifs is 3. The van der Waals surface area contributed by atoms with Crippen molar-refractivity contribution in [2.45, 2.75) is 73.9 Å². The van der Waals surface area contributed by atoms with E-state index in [2.05, 4.69) is 48.5 Å². The van der Waals surface area contributed by atoms with Gasteiger partial charge in [-0.2, -0.15) is 9.29 Å². The maximum Gasteiger partial charge on any atom is 0.488 e. The number of phosphoric acid groups is 3. The molecule has 78 heavy (non-hydrogen) atoms. The highest BCUT2D eigenvalue weighted by molar-refractivity contribution is 8.08. The minimum Gasteiger partial charge on any atom is -0.387 e. The average Bonchev–Trinajstić information content (AvgIpc) is 4.39. The Balaban J connectivity index is 0.871. The third kappa shape index (κ3) is 11.9. The van der Waals surface area contributed by atoms with E-state index in [1.54, 1.807) is 0 Å².